The first-order chi connectivity index (χ1) is 9.61. The van der Waals surface area contributed by atoms with Gasteiger partial charge in [-0.05, 0) is 41.5 Å². The molecule has 0 N–H and O–H groups in total. The van der Waals surface area contributed by atoms with Crippen molar-refractivity contribution in [1.29, 1.82) is 0 Å². The van der Waals surface area contributed by atoms with Crippen LogP contribution in [0.15, 0.2) is 0 Å². The Labute approximate surface area is 134 Å². The lowest BCUT2D eigenvalue weighted by Gasteiger charge is -2.26. The molecule has 0 fully saturated rings. The first kappa shape index (κ1) is 20.1. The van der Waals surface area contributed by atoms with Gasteiger partial charge in [0.1, 0.15) is 0 Å². The number of carbonyl (C=O) groups excluding carboxylic acids is 3. The molecule has 6 nitrogen and oxygen atoms in total. The highest BCUT2D eigenvalue weighted by Crippen LogP contribution is 2.23. The van der Waals surface area contributed by atoms with E-state index in [0.717, 1.165) is 11.0 Å². The molecule has 0 aliphatic heterocycles. The molecule has 0 aliphatic carbocycles. The molecule has 0 aromatic carbocycles. The normalized spacial score (nSPS) is 11.2. The second kappa shape index (κ2) is 9.19. The van der Waals surface area contributed by atoms with Crippen molar-refractivity contribution in [2.24, 2.45) is 5.92 Å². The zero-order chi connectivity index (χ0) is 16.7. The van der Waals surface area contributed by atoms with Crippen molar-refractivity contribution in [2.45, 2.75) is 59.8 Å². The molecule has 0 heterocycles. The van der Waals surface area contributed by atoms with Gasteiger partial charge in [-0.15, -0.1) is 0 Å². The monoisotopic (exact) mass is 337 g/mol. The van der Waals surface area contributed by atoms with Crippen LogP contribution in [-0.2, 0) is 23.9 Å². The molecular formula is C13H23NO5S2. The van der Waals surface area contributed by atoms with Crippen LogP contribution in [0.25, 0.3) is 0 Å². The summed E-state index contributed by atoms with van der Waals surface area (Å²) in [5.41, 5.74) is 0. The summed E-state index contributed by atoms with van der Waals surface area (Å²) < 4.78 is 11.2. The minimum Gasteiger partial charge on any atom is -0.462 e. The van der Waals surface area contributed by atoms with E-state index in [1.54, 1.807) is 41.5 Å². The summed E-state index contributed by atoms with van der Waals surface area (Å²) in [4.78, 5) is 36.5. The Morgan fingerprint density at radius 3 is 1.52 bits per heavy atom. The Hall–Kier alpha value is -0.890. The summed E-state index contributed by atoms with van der Waals surface area (Å²) in [6, 6.07) is -0.235. The fraction of sp³-hybridized carbons (Fsp3) is 0.769. The Morgan fingerprint density at radius 1 is 0.905 bits per heavy atom. The first-order valence-corrected chi connectivity index (χ1v) is 8.49. The molecule has 0 spiro atoms. The zero-order valence-electron chi connectivity index (χ0n) is 13.2. The topological polar surface area (TPSA) is 72.9 Å². The predicted octanol–water partition coefficient (Wildman–Crippen LogP) is 2.24. The Bertz CT molecular complexity index is 363. The lowest BCUT2D eigenvalue weighted by Crippen LogP contribution is -2.44. The van der Waals surface area contributed by atoms with Gasteiger partial charge in [-0.25, -0.2) is 0 Å². The highest BCUT2D eigenvalue weighted by Gasteiger charge is 2.41. The van der Waals surface area contributed by atoms with E-state index < -0.39 is 36.0 Å². The highest BCUT2D eigenvalue weighted by molar-refractivity contribution is 8.67. The zero-order valence-corrected chi connectivity index (χ0v) is 14.9. The lowest BCUT2D eigenvalue weighted by molar-refractivity contribution is -0.170. The number of thiol groups is 1. The number of hydrogen-bond donors (Lipinski definition) is 1. The minimum absolute atomic E-state index is 0.235. The van der Waals surface area contributed by atoms with Crippen molar-refractivity contribution < 1.29 is 23.9 Å². The van der Waals surface area contributed by atoms with E-state index in [1.165, 1.54) is 4.31 Å². The van der Waals surface area contributed by atoms with E-state index in [1.807, 2.05) is 0 Å². The largest absolute Gasteiger partial charge is 0.462 e. The molecule has 0 radical (unpaired) electrons. The van der Waals surface area contributed by atoms with Crippen LogP contribution < -0.4 is 0 Å². The number of esters is 2. The van der Waals surface area contributed by atoms with E-state index in [4.69, 9.17) is 9.47 Å². The van der Waals surface area contributed by atoms with E-state index in [2.05, 4.69) is 11.7 Å². The minimum atomic E-state index is -1.63. The number of carbonyl (C=O) groups is 3. The molecule has 0 aliphatic rings. The van der Waals surface area contributed by atoms with Gasteiger partial charge in [0, 0.05) is 17.0 Å². The summed E-state index contributed by atoms with van der Waals surface area (Å²) in [7, 11) is 0.850. The average Bonchev–Trinajstić information content (AvgIpc) is 2.26. The molecule has 0 saturated heterocycles. The third-order valence-electron chi connectivity index (χ3n) is 2.20. The molecule has 21 heavy (non-hydrogen) atoms. The number of ether oxygens (including phenoxy) is 2. The Morgan fingerprint density at radius 2 is 1.29 bits per heavy atom. The third kappa shape index (κ3) is 6.60. The lowest BCUT2D eigenvalue weighted by atomic mass is 10.1. The van der Waals surface area contributed by atoms with Crippen LogP contribution in [0.4, 0.5) is 0 Å². The van der Waals surface area contributed by atoms with Crippen molar-refractivity contribution >= 4 is 40.5 Å². The predicted molar refractivity (Wildman–Crippen MR) is 84.5 cm³/mol. The summed E-state index contributed by atoms with van der Waals surface area (Å²) in [5.74, 6) is -4.14. The summed E-state index contributed by atoms with van der Waals surface area (Å²) in [6.45, 7) is 10.1. The van der Waals surface area contributed by atoms with Crippen molar-refractivity contribution in [2.75, 3.05) is 0 Å². The molecule has 0 saturated carbocycles. The van der Waals surface area contributed by atoms with E-state index in [9.17, 15) is 14.4 Å². The molecule has 0 aromatic heterocycles. The standard InChI is InChI=1S/C13H23NO5S2/c1-7(2)14(21-20)11(15)10(12(16)18-8(3)4)13(17)19-9(5)6/h7-10,20H,1-6H3. The second-order valence-corrected chi connectivity index (χ2v) is 6.29. The SMILES string of the molecule is CC(C)OC(=O)C(C(=O)OC(C)C)C(=O)N(SS)C(C)C. The van der Waals surface area contributed by atoms with Gasteiger partial charge in [0.2, 0.25) is 5.92 Å². The average molecular weight is 337 g/mol. The summed E-state index contributed by atoms with van der Waals surface area (Å²) >= 11 is 3.98. The van der Waals surface area contributed by atoms with Gasteiger partial charge in [-0.3, -0.25) is 18.7 Å². The van der Waals surface area contributed by atoms with Crippen molar-refractivity contribution in [3.8, 4) is 0 Å². The van der Waals surface area contributed by atoms with Crippen LogP contribution >= 0.6 is 22.6 Å². The second-order valence-electron chi connectivity index (χ2n) is 5.24. The van der Waals surface area contributed by atoms with Crippen molar-refractivity contribution in [3.05, 3.63) is 0 Å². The van der Waals surface area contributed by atoms with Crippen LogP contribution in [-0.4, -0.2) is 40.4 Å². The highest BCUT2D eigenvalue weighted by atomic mass is 33.1. The smallest absolute Gasteiger partial charge is 0.330 e. The quantitative estimate of drug-likeness (QED) is 0.252. The van der Waals surface area contributed by atoms with Gasteiger partial charge in [0.15, 0.2) is 0 Å². The molecule has 0 rings (SSSR count). The molecule has 0 aromatic rings. The number of amides is 1. The summed E-state index contributed by atoms with van der Waals surface area (Å²) in [5, 5.41) is 0. The molecule has 0 atom stereocenters. The maximum absolute atomic E-state index is 12.4. The van der Waals surface area contributed by atoms with Gasteiger partial charge >= 0.3 is 11.9 Å². The molecule has 122 valence electrons. The number of rotatable bonds is 7. The van der Waals surface area contributed by atoms with Crippen LogP contribution in [0.1, 0.15) is 41.5 Å². The van der Waals surface area contributed by atoms with E-state index >= 15 is 0 Å². The van der Waals surface area contributed by atoms with Crippen molar-refractivity contribution in [3.63, 3.8) is 0 Å². The maximum atomic E-state index is 12.4. The van der Waals surface area contributed by atoms with Gasteiger partial charge in [0.25, 0.3) is 5.91 Å². The van der Waals surface area contributed by atoms with E-state index in [0.29, 0.717) is 0 Å². The van der Waals surface area contributed by atoms with Gasteiger partial charge in [0.05, 0.1) is 12.2 Å². The fourth-order valence-corrected chi connectivity index (χ4v) is 2.60. The maximum Gasteiger partial charge on any atom is 0.330 e. The van der Waals surface area contributed by atoms with E-state index in [-0.39, 0.29) is 6.04 Å². The Kier molecular flexibility index (Phi) is 8.80. The third-order valence-corrected chi connectivity index (χ3v) is 3.50. The molecule has 0 bridgehead atoms. The number of nitrogens with zero attached hydrogens (tertiary/aromatic N) is 1. The van der Waals surface area contributed by atoms with Gasteiger partial charge < -0.3 is 9.47 Å². The van der Waals surface area contributed by atoms with Crippen molar-refractivity contribution in [1.82, 2.24) is 4.31 Å². The van der Waals surface area contributed by atoms with Crippen LogP contribution in [0.2, 0.25) is 0 Å². The fourth-order valence-electron chi connectivity index (χ4n) is 1.41. The molecule has 0 unspecified atom stereocenters. The van der Waals surface area contributed by atoms with Gasteiger partial charge in [-0.2, -0.15) is 0 Å². The summed E-state index contributed by atoms with van der Waals surface area (Å²) in [6.07, 6.45) is -0.869. The van der Waals surface area contributed by atoms with Gasteiger partial charge in [-0.1, -0.05) is 11.7 Å². The van der Waals surface area contributed by atoms with Crippen LogP contribution in [0.3, 0.4) is 0 Å². The molecule has 1 amide bonds. The number of hydrogen-bond acceptors (Lipinski definition) is 7. The van der Waals surface area contributed by atoms with Crippen LogP contribution in [0.5, 0.6) is 0 Å². The molecule has 8 heteroatoms. The molecular weight excluding hydrogens is 314 g/mol. The van der Waals surface area contributed by atoms with Crippen LogP contribution in [0, 0.1) is 5.92 Å². The Balaban J connectivity index is 5.33. The first-order valence-electron chi connectivity index (χ1n) is 6.67.